The van der Waals surface area contributed by atoms with Gasteiger partial charge in [0.05, 0.1) is 0 Å². The van der Waals surface area contributed by atoms with Gasteiger partial charge < -0.3 is 0 Å². The second-order valence-electron chi connectivity index (χ2n) is 3.49. The first-order valence-electron chi connectivity index (χ1n) is 2.81. The third kappa shape index (κ3) is 0.285. The van der Waals surface area contributed by atoms with Crippen molar-refractivity contribution in [1.29, 1.82) is 0 Å². The molecule has 0 radical (unpaired) electrons. The Morgan fingerprint density at radius 2 is 1.71 bits per heavy atom. The Morgan fingerprint density at radius 3 is 1.71 bits per heavy atom. The van der Waals surface area contributed by atoms with Crippen LogP contribution in [-0.4, -0.2) is 5.67 Å². The summed E-state index contributed by atoms with van der Waals surface area (Å²) in [5, 5.41) is 0. The normalized spacial score (nSPS) is 66.0. The maximum atomic E-state index is 12.5. The predicted molar refractivity (Wildman–Crippen MR) is 25.8 cm³/mol. The first-order valence-corrected chi connectivity index (χ1v) is 2.81. The van der Waals surface area contributed by atoms with Gasteiger partial charge in [0.2, 0.25) is 0 Å². The zero-order valence-corrected chi connectivity index (χ0v) is 4.50. The highest BCUT2D eigenvalue weighted by atomic mass is 19.1. The quantitative estimate of drug-likeness (QED) is 0.436. The van der Waals surface area contributed by atoms with Gasteiger partial charge in [-0.3, -0.25) is 0 Å². The average molecular weight is 100 g/mol. The maximum Gasteiger partial charge on any atom is 0.112 e. The van der Waals surface area contributed by atoms with Gasteiger partial charge in [0.25, 0.3) is 0 Å². The molecule has 0 nitrogen and oxygen atoms in total. The minimum absolute atomic E-state index is 0.453. The Labute approximate surface area is 42.7 Å². The van der Waals surface area contributed by atoms with E-state index < -0.39 is 5.67 Å². The lowest BCUT2D eigenvalue weighted by molar-refractivity contribution is -0.201. The van der Waals surface area contributed by atoms with E-state index in [0.29, 0.717) is 5.41 Å². The number of hydrogen-bond acceptors (Lipinski definition) is 0. The van der Waals surface area contributed by atoms with Crippen LogP contribution in [0.4, 0.5) is 4.39 Å². The summed E-state index contributed by atoms with van der Waals surface area (Å²) in [7, 11) is 0. The summed E-state index contributed by atoms with van der Waals surface area (Å²) >= 11 is 0. The molecule has 0 unspecified atom stereocenters. The second-order valence-corrected chi connectivity index (χ2v) is 3.49. The molecular formula is C6H9F. The van der Waals surface area contributed by atoms with Crippen molar-refractivity contribution in [2.75, 3.05) is 0 Å². The van der Waals surface area contributed by atoms with Gasteiger partial charge in [0.15, 0.2) is 0 Å². The zero-order chi connectivity index (χ0) is 5.12. The summed E-state index contributed by atoms with van der Waals surface area (Å²) in [4.78, 5) is 0. The Kier molecular flexibility index (Phi) is 0.358. The first kappa shape index (κ1) is 3.88. The van der Waals surface area contributed by atoms with Gasteiger partial charge in [0.1, 0.15) is 5.67 Å². The van der Waals surface area contributed by atoms with Gasteiger partial charge in [-0.25, -0.2) is 4.39 Å². The minimum atomic E-state index is -0.672. The fourth-order valence-electron chi connectivity index (χ4n) is 2.14. The van der Waals surface area contributed by atoms with Gasteiger partial charge >= 0.3 is 0 Å². The van der Waals surface area contributed by atoms with Crippen LogP contribution in [0, 0.1) is 5.41 Å². The summed E-state index contributed by atoms with van der Waals surface area (Å²) in [6, 6.07) is 0. The summed E-state index contributed by atoms with van der Waals surface area (Å²) in [6.07, 6.45) is 2.54. The van der Waals surface area contributed by atoms with E-state index in [2.05, 4.69) is 6.92 Å². The van der Waals surface area contributed by atoms with Crippen molar-refractivity contribution < 1.29 is 4.39 Å². The van der Waals surface area contributed by atoms with Gasteiger partial charge in [-0.15, -0.1) is 0 Å². The van der Waals surface area contributed by atoms with Crippen LogP contribution in [0.3, 0.4) is 0 Å². The van der Waals surface area contributed by atoms with E-state index in [-0.39, 0.29) is 0 Å². The summed E-state index contributed by atoms with van der Waals surface area (Å²) in [5.74, 6) is 0. The van der Waals surface area contributed by atoms with Crippen molar-refractivity contribution in [2.45, 2.75) is 31.9 Å². The van der Waals surface area contributed by atoms with E-state index in [1.165, 1.54) is 0 Å². The number of rotatable bonds is 0. The molecule has 0 aromatic carbocycles. The Balaban J connectivity index is 2.16. The van der Waals surface area contributed by atoms with Crippen LogP contribution >= 0.6 is 0 Å². The molecule has 2 bridgehead atoms. The predicted octanol–water partition coefficient (Wildman–Crippen LogP) is 1.90. The van der Waals surface area contributed by atoms with E-state index in [0.717, 1.165) is 19.3 Å². The standard InChI is InChI=1S/C6H9F/c1-5-2-6(7,3-5)4-5/h2-4H2,1H3. The Bertz CT molecular complexity index is 85.6. The molecular weight excluding hydrogens is 91.1 g/mol. The highest BCUT2D eigenvalue weighted by Gasteiger charge is 2.66. The fourth-order valence-corrected chi connectivity index (χ4v) is 2.14. The molecule has 0 atom stereocenters. The van der Waals surface area contributed by atoms with Crippen molar-refractivity contribution in [3.8, 4) is 0 Å². The monoisotopic (exact) mass is 100 g/mol. The van der Waals surface area contributed by atoms with Gasteiger partial charge in [-0.05, 0) is 24.7 Å². The average Bonchev–Trinajstić information content (AvgIpc) is 1.27. The molecule has 0 aromatic rings. The molecule has 0 spiro atoms. The lowest BCUT2D eigenvalue weighted by Crippen LogP contribution is -2.62. The lowest BCUT2D eigenvalue weighted by atomic mass is 9.43. The van der Waals surface area contributed by atoms with Crippen LogP contribution in [0.5, 0.6) is 0 Å². The van der Waals surface area contributed by atoms with Gasteiger partial charge in [-0.2, -0.15) is 0 Å². The minimum Gasteiger partial charge on any atom is -0.244 e. The molecule has 40 valence electrons. The highest BCUT2D eigenvalue weighted by Crippen LogP contribution is 2.68. The topological polar surface area (TPSA) is 0 Å². The molecule has 1 heteroatoms. The Hall–Kier alpha value is -0.0700. The molecule has 3 aliphatic rings. The second kappa shape index (κ2) is 0.647. The Morgan fingerprint density at radius 1 is 1.29 bits per heavy atom. The van der Waals surface area contributed by atoms with Crippen molar-refractivity contribution >= 4 is 0 Å². The van der Waals surface area contributed by atoms with Crippen molar-refractivity contribution in [3.63, 3.8) is 0 Å². The van der Waals surface area contributed by atoms with Crippen LogP contribution in [0.1, 0.15) is 26.2 Å². The number of alkyl halides is 1. The lowest BCUT2D eigenvalue weighted by Gasteiger charge is -2.64. The summed E-state index contributed by atoms with van der Waals surface area (Å²) in [5.41, 5.74) is -0.219. The SMILES string of the molecule is CC12CC(F)(C1)C2. The number of halogens is 1. The van der Waals surface area contributed by atoms with Crippen LogP contribution < -0.4 is 0 Å². The van der Waals surface area contributed by atoms with E-state index in [1.807, 2.05) is 0 Å². The molecule has 7 heavy (non-hydrogen) atoms. The van der Waals surface area contributed by atoms with E-state index >= 15 is 0 Å². The van der Waals surface area contributed by atoms with Gasteiger partial charge in [-0.1, -0.05) is 6.92 Å². The van der Waals surface area contributed by atoms with E-state index in [1.54, 1.807) is 0 Å². The van der Waals surface area contributed by atoms with Crippen molar-refractivity contribution in [2.24, 2.45) is 5.41 Å². The molecule has 0 amide bonds. The van der Waals surface area contributed by atoms with E-state index in [4.69, 9.17) is 0 Å². The van der Waals surface area contributed by atoms with Crippen LogP contribution in [0.25, 0.3) is 0 Å². The molecule has 0 aromatic heterocycles. The molecule has 3 rings (SSSR count). The van der Waals surface area contributed by atoms with Crippen LogP contribution in [-0.2, 0) is 0 Å². The first-order chi connectivity index (χ1) is 3.12. The van der Waals surface area contributed by atoms with Gasteiger partial charge in [0, 0.05) is 0 Å². The smallest absolute Gasteiger partial charge is 0.112 e. The summed E-state index contributed by atoms with van der Waals surface area (Å²) in [6.45, 7) is 2.16. The molecule has 0 aliphatic heterocycles. The highest BCUT2D eigenvalue weighted by molar-refractivity contribution is 5.16. The van der Waals surface area contributed by atoms with Crippen LogP contribution in [0.2, 0.25) is 0 Å². The molecule has 0 N–H and O–H groups in total. The molecule has 3 saturated carbocycles. The van der Waals surface area contributed by atoms with Crippen molar-refractivity contribution in [1.82, 2.24) is 0 Å². The third-order valence-electron chi connectivity index (χ3n) is 2.23. The maximum absolute atomic E-state index is 12.5. The molecule has 3 fully saturated rings. The largest absolute Gasteiger partial charge is 0.244 e. The summed E-state index contributed by atoms with van der Waals surface area (Å²) < 4.78 is 12.5. The number of hydrogen-bond donors (Lipinski definition) is 0. The van der Waals surface area contributed by atoms with Crippen LogP contribution in [0.15, 0.2) is 0 Å². The fraction of sp³-hybridized carbons (Fsp3) is 1.00. The zero-order valence-electron chi connectivity index (χ0n) is 4.50. The third-order valence-corrected chi connectivity index (χ3v) is 2.23. The van der Waals surface area contributed by atoms with Crippen molar-refractivity contribution in [3.05, 3.63) is 0 Å². The molecule has 3 aliphatic carbocycles. The molecule has 0 heterocycles. The van der Waals surface area contributed by atoms with E-state index in [9.17, 15) is 4.39 Å². The molecule has 0 saturated heterocycles.